The summed E-state index contributed by atoms with van der Waals surface area (Å²) in [5.41, 5.74) is 0. The van der Waals surface area contributed by atoms with E-state index in [0.29, 0.717) is 0 Å². The molecule has 0 saturated carbocycles. The second kappa shape index (κ2) is 20.0. The molecule has 0 aromatic carbocycles. The normalized spacial score (nSPS) is 11.1. The molecule has 0 heteroatoms. The summed E-state index contributed by atoms with van der Waals surface area (Å²) in [4.78, 5) is 0. The van der Waals surface area contributed by atoms with Crippen LogP contribution in [0.5, 0.6) is 0 Å². The number of hydrogen-bond acceptors (Lipinski definition) is 0. The SMILES string of the molecule is CCCCCCCCCC[C]CCCCCCCCCC. The highest BCUT2D eigenvalue weighted by atomic mass is 14.0. The van der Waals surface area contributed by atoms with Crippen molar-refractivity contribution in [1.29, 1.82) is 0 Å². The van der Waals surface area contributed by atoms with Crippen molar-refractivity contribution in [2.24, 2.45) is 0 Å². The first-order valence-corrected chi connectivity index (χ1v) is 10.1. The largest absolute Gasteiger partial charge is 0.0654 e. The first-order chi connectivity index (χ1) is 10.4. The summed E-state index contributed by atoms with van der Waals surface area (Å²) in [7, 11) is 0. The van der Waals surface area contributed by atoms with E-state index in [1.807, 2.05) is 0 Å². The van der Waals surface area contributed by atoms with Crippen molar-refractivity contribution in [1.82, 2.24) is 0 Å². The highest BCUT2D eigenvalue weighted by Crippen LogP contribution is 2.13. The van der Waals surface area contributed by atoms with Crippen LogP contribution < -0.4 is 0 Å². The third-order valence-corrected chi connectivity index (χ3v) is 4.41. The van der Waals surface area contributed by atoms with Crippen molar-refractivity contribution in [3.05, 3.63) is 6.42 Å². The van der Waals surface area contributed by atoms with Crippen LogP contribution in [0, 0.1) is 6.42 Å². The summed E-state index contributed by atoms with van der Waals surface area (Å²) < 4.78 is 0. The van der Waals surface area contributed by atoms with Gasteiger partial charge in [0, 0.05) is 0 Å². The molecule has 0 aromatic rings. The fourth-order valence-corrected chi connectivity index (χ4v) is 2.89. The van der Waals surface area contributed by atoms with Gasteiger partial charge in [-0.3, -0.25) is 0 Å². The second-order valence-electron chi connectivity index (χ2n) is 6.70. The Morgan fingerprint density at radius 2 is 0.667 bits per heavy atom. The lowest BCUT2D eigenvalue weighted by molar-refractivity contribution is 0.559. The fraction of sp³-hybridized carbons (Fsp3) is 0.952. The van der Waals surface area contributed by atoms with Gasteiger partial charge in [0.15, 0.2) is 0 Å². The zero-order chi connectivity index (χ0) is 15.4. The predicted molar refractivity (Wildman–Crippen MR) is 97.7 cm³/mol. The molecule has 0 atom stereocenters. The van der Waals surface area contributed by atoms with Crippen LogP contribution >= 0.6 is 0 Å². The number of unbranched alkanes of at least 4 members (excludes halogenated alkanes) is 18. The van der Waals surface area contributed by atoms with Crippen LogP contribution in [0.2, 0.25) is 0 Å². The van der Waals surface area contributed by atoms with Gasteiger partial charge < -0.3 is 0 Å². The van der Waals surface area contributed by atoms with Crippen LogP contribution in [0.15, 0.2) is 0 Å². The van der Waals surface area contributed by atoms with Gasteiger partial charge in [-0.15, -0.1) is 0 Å². The van der Waals surface area contributed by atoms with Gasteiger partial charge in [0.2, 0.25) is 0 Å². The Labute approximate surface area is 136 Å². The monoisotopic (exact) mass is 294 g/mol. The van der Waals surface area contributed by atoms with Crippen molar-refractivity contribution in [3.8, 4) is 0 Å². The molecule has 0 aromatic heterocycles. The Balaban J connectivity index is 2.90. The lowest BCUT2D eigenvalue weighted by Gasteiger charge is -2.03. The fourth-order valence-electron chi connectivity index (χ4n) is 2.89. The second-order valence-corrected chi connectivity index (χ2v) is 6.70. The highest BCUT2D eigenvalue weighted by Gasteiger charge is 1.95. The third kappa shape index (κ3) is 20.0. The van der Waals surface area contributed by atoms with Crippen molar-refractivity contribution >= 4 is 0 Å². The van der Waals surface area contributed by atoms with E-state index in [0.717, 1.165) is 0 Å². The smallest absolute Gasteiger partial charge is 0.0173 e. The topological polar surface area (TPSA) is 0 Å². The van der Waals surface area contributed by atoms with Crippen molar-refractivity contribution < 1.29 is 0 Å². The van der Waals surface area contributed by atoms with E-state index >= 15 is 0 Å². The molecule has 0 rings (SSSR count). The zero-order valence-electron chi connectivity index (χ0n) is 15.2. The molecule has 0 aliphatic heterocycles. The van der Waals surface area contributed by atoms with Crippen LogP contribution in [0.25, 0.3) is 0 Å². The minimum atomic E-state index is 1.24. The highest BCUT2D eigenvalue weighted by molar-refractivity contribution is 4.64. The minimum Gasteiger partial charge on any atom is -0.0654 e. The Kier molecular flexibility index (Phi) is 20.0. The van der Waals surface area contributed by atoms with Gasteiger partial charge in [0.25, 0.3) is 0 Å². The van der Waals surface area contributed by atoms with E-state index < -0.39 is 0 Å². The Morgan fingerprint density at radius 3 is 1.00 bits per heavy atom. The van der Waals surface area contributed by atoms with E-state index in [2.05, 4.69) is 20.3 Å². The van der Waals surface area contributed by atoms with Crippen LogP contribution in [0.1, 0.15) is 129 Å². The average Bonchev–Trinajstić information content (AvgIpc) is 2.50. The van der Waals surface area contributed by atoms with Crippen molar-refractivity contribution in [2.75, 3.05) is 0 Å². The van der Waals surface area contributed by atoms with Gasteiger partial charge in [-0.2, -0.15) is 0 Å². The van der Waals surface area contributed by atoms with Crippen LogP contribution in [-0.2, 0) is 0 Å². The zero-order valence-corrected chi connectivity index (χ0v) is 15.2. The molecule has 0 saturated heterocycles. The van der Waals surface area contributed by atoms with Crippen LogP contribution in [-0.4, -0.2) is 0 Å². The van der Waals surface area contributed by atoms with Gasteiger partial charge in [-0.1, -0.05) is 117 Å². The molecule has 0 heterocycles. The molecule has 0 amide bonds. The Morgan fingerprint density at radius 1 is 0.381 bits per heavy atom. The number of hydrogen-bond donors (Lipinski definition) is 0. The first-order valence-electron chi connectivity index (χ1n) is 10.1. The molecule has 0 nitrogen and oxygen atoms in total. The maximum Gasteiger partial charge on any atom is -0.0173 e. The molecule has 0 aliphatic carbocycles. The van der Waals surface area contributed by atoms with Crippen LogP contribution in [0.4, 0.5) is 0 Å². The predicted octanol–water partition coefficient (Wildman–Crippen LogP) is 8.13. The van der Waals surface area contributed by atoms with E-state index in [-0.39, 0.29) is 0 Å². The Bertz CT molecular complexity index is 143. The molecule has 0 aliphatic rings. The lowest BCUT2D eigenvalue weighted by Crippen LogP contribution is -1.84. The van der Waals surface area contributed by atoms with Gasteiger partial charge in [0.05, 0.1) is 0 Å². The molecule has 0 bridgehead atoms. The van der Waals surface area contributed by atoms with Gasteiger partial charge >= 0.3 is 0 Å². The molecule has 21 heavy (non-hydrogen) atoms. The molecule has 126 valence electrons. The van der Waals surface area contributed by atoms with Gasteiger partial charge in [0.1, 0.15) is 0 Å². The summed E-state index contributed by atoms with van der Waals surface area (Å²) in [5, 5.41) is 0. The lowest BCUT2D eigenvalue weighted by atomic mass is 10.0. The van der Waals surface area contributed by atoms with E-state index in [9.17, 15) is 0 Å². The number of rotatable bonds is 18. The molecule has 2 radical (unpaired) electrons. The quantitative estimate of drug-likeness (QED) is 0.224. The van der Waals surface area contributed by atoms with Gasteiger partial charge in [-0.05, 0) is 19.3 Å². The maximum atomic E-state index is 3.61. The third-order valence-electron chi connectivity index (χ3n) is 4.41. The van der Waals surface area contributed by atoms with E-state index in [1.165, 1.54) is 116 Å². The summed E-state index contributed by atoms with van der Waals surface area (Å²) in [6.07, 6.45) is 28.9. The van der Waals surface area contributed by atoms with Crippen molar-refractivity contribution in [2.45, 2.75) is 129 Å². The van der Waals surface area contributed by atoms with Gasteiger partial charge in [-0.25, -0.2) is 0 Å². The minimum absolute atomic E-state index is 1.24. The molecular formula is C21H42. The maximum absolute atomic E-state index is 3.61. The molecule has 0 N–H and O–H groups in total. The summed E-state index contributed by atoms with van der Waals surface area (Å²) in [6, 6.07) is 0. The van der Waals surface area contributed by atoms with Crippen LogP contribution in [0.3, 0.4) is 0 Å². The summed E-state index contributed by atoms with van der Waals surface area (Å²) in [5.74, 6) is 0. The summed E-state index contributed by atoms with van der Waals surface area (Å²) in [6.45, 7) is 4.58. The standard InChI is InChI=1S/C21H42/c1-3-5-7-9-11-13-15-17-19-21-20-18-16-14-12-10-8-6-4-2/h3-20H2,1-2H3. The molecule has 0 unspecified atom stereocenters. The average molecular weight is 295 g/mol. The molecular weight excluding hydrogens is 252 g/mol. The van der Waals surface area contributed by atoms with E-state index in [4.69, 9.17) is 0 Å². The molecule has 0 fully saturated rings. The first kappa shape index (κ1) is 21.0. The molecule has 0 spiro atoms. The van der Waals surface area contributed by atoms with Crippen molar-refractivity contribution in [3.63, 3.8) is 0 Å². The Hall–Kier alpha value is 0. The van der Waals surface area contributed by atoms with E-state index in [1.54, 1.807) is 0 Å². The summed E-state index contributed by atoms with van der Waals surface area (Å²) >= 11 is 0.